The highest BCUT2D eigenvalue weighted by Crippen LogP contribution is 2.45. The molecule has 0 radical (unpaired) electrons. The number of esters is 4. The average Bonchev–Trinajstić information content (AvgIpc) is 1.18. The zero-order valence-corrected chi connectivity index (χ0v) is 67.1. The molecule has 17 nitrogen and oxygen atoms in total. The van der Waals surface area contributed by atoms with Crippen molar-refractivity contribution in [2.75, 3.05) is 39.6 Å². The minimum absolute atomic E-state index is 0.108. The van der Waals surface area contributed by atoms with Crippen LogP contribution in [0.4, 0.5) is 0 Å². The molecule has 0 aromatic heterocycles. The Hall–Kier alpha value is -1.94. The Morgan fingerprint density at radius 1 is 0.280 bits per heavy atom. The molecule has 0 rings (SSSR count). The van der Waals surface area contributed by atoms with Crippen LogP contribution < -0.4 is 0 Å². The molecule has 100 heavy (non-hydrogen) atoms. The van der Waals surface area contributed by atoms with Crippen molar-refractivity contribution >= 4 is 39.5 Å². The van der Waals surface area contributed by atoms with E-state index in [2.05, 4.69) is 34.6 Å². The summed E-state index contributed by atoms with van der Waals surface area (Å²) in [5.74, 6) is -1.33. The van der Waals surface area contributed by atoms with E-state index >= 15 is 0 Å². The molecule has 0 spiro atoms. The number of carbonyl (C=O) groups excluding carboxylic acids is 4. The fraction of sp³-hybridized carbons (Fsp3) is 0.951. The third-order valence-corrected chi connectivity index (χ3v) is 21.3. The molecule has 0 aliphatic heterocycles. The zero-order chi connectivity index (χ0) is 73.4. The van der Waals surface area contributed by atoms with Gasteiger partial charge in [-0.05, 0) is 31.6 Å². The minimum Gasteiger partial charge on any atom is -0.462 e. The second kappa shape index (κ2) is 73.9. The zero-order valence-electron chi connectivity index (χ0n) is 65.3. The fourth-order valence-electron chi connectivity index (χ4n) is 12.6. The van der Waals surface area contributed by atoms with E-state index in [-0.39, 0.29) is 25.7 Å². The molecule has 3 unspecified atom stereocenters. The van der Waals surface area contributed by atoms with E-state index in [1.807, 2.05) is 0 Å². The highest BCUT2D eigenvalue weighted by molar-refractivity contribution is 7.47. The molecular weight excluding hydrogens is 1310 g/mol. The maximum absolute atomic E-state index is 13.1. The SMILES string of the molecule is CCCCCCCCCCCCCCCCCCCCCCC(=O)O[C@H](COC(=O)CCCCCCCCCCCCCCCCC)COP(=O)(O)OC[C@@H](O)COP(=O)(O)OC[C@@H](COC(=O)CCCCCCCCCCC(C)CC)OC(=O)CCCCCCCCCCCCCCC. The molecule has 6 atom stereocenters. The lowest BCUT2D eigenvalue weighted by atomic mass is 9.99. The van der Waals surface area contributed by atoms with Crippen LogP contribution >= 0.6 is 15.6 Å². The number of aliphatic hydroxyl groups excluding tert-OH is 1. The quantitative estimate of drug-likeness (QED) is 0.0222. The molecule has 0 heterocycles. The molecule has 0 saturated heterocycles. The van der Waals surface area contributed by atoms with E-state index in [1.54, 1.807) is 0 Å². The van der Waals surface area contributed by atoms with Crippen LogP contribution in [0.25, 0.3) is 0 Å². The van der Waals surface area contributed by atoms with Gasteiger partial charge in [0.15, 0.2) is 12.2 Å². The highest BCUT2D eigenvalue weighted by atomic mass is 31.2. The van der Waals surface area contributed by atoms with E-state index < -0.39 is 97.5 Å². The fourth-order valence-corrected chi connectivity index (χ4v) is 14.1. The van der Waals surface area contributed by atoms with Gasteiger partial charge in [-0.25, -0.2) is 9.13 Å². The van der Waals surface area contributed by atoms with E-state index in [0.29, 0.717) is 25.7 Å². The van der Waals surface area contributed by atoms with Gasteiger partial charge >= 0.3 is 39.5 Å². The molecule has 0 amide bonds. The highest BCUT2D eigenvalue weighted by Gasteiger charge is 2.30. The number of aliphatic hydroxyl groups is 1. The van der Waals surface area contributed by atoms with Gasteiger partial charge in [-0.3, -0.25) is 37.3 Å². The first-order valence-electron chi connectivity index (χ1n) is 42.2. The number of hydrogen-bond acceptors (Lipinski definition) is 15. The van der Waals surface area contributed by atoms with Crippen molar-refractivity contribution in [3.05, 3.63) is 0 Å². The summed E-state index contributed by atoms with van der Waals surface area (Å²) in [6.45, 7) is 7.34. The maximum atomic E-state index is 13.1. The summed E-state index contributed by atoms with van der Waals surface area (Å²) >= 11 is 0. The Balaban J connectivity index is 5.24. The topological polar surface area (TPSA) is 237 Å². The normalized spacial score (nSPS) is 14.1. The van der Waals surface area contributed by atoms with Crippen molar-refractivity contribution in [1.82, 2.24) is 0 Å². The molecule has 0 aromatic rings. The lowest BCUT2D eigenvalue weighted by Crippen LogP contribution is -2.30. The predicted octanol–water partition coefficient (Wildman–Crippen LogP) is 24.4. The summed E-state index contributed by atoms with van der Waals surface area (Å²) < 4.78 is 68.7. The Labute approximate surface area is 613 Å². The molecule has 0 aromatic carbocycles. The van der Waals surface area contributed by atoms with Crippen LogP contribution in [-0.4, -0.2) is 96.7 Å². The van der Waals surface area contributed by atoms with Gasteiger partial charge in [0.25, 0.3) is 0 Å². The largest absolute Gasteiger partial charge is 0.472 e. The standard InChI is InChI=1S/C81H158O17P2/c1-6-10-13-16-19-22-25-28-30-31-32-33-34-36-39-42-45-52-57-62-67-81(86)97-76(70-91-78(83)64-59-54-49-43-40-38-35-29-26-23-20-17-14-11-7-2)72-95-99(87,88)93-68-75(82)69-94-100(89,90)96-73-77(71-92-79(84)65-60-55-50-47-46-48-53-58-63-74(5)9-4)98-80(85)66-61-56-51-44-41-37-27-24-21-18-15-12-8-3/h74-77,82H,6-73H2,1-5H3,(H,87,88)(H,89,90)/t74?,75-,76-,77-/m1/s1. The third-order valence-electron chi connectivity index (χ3n) is 19.4. The van der Waals surface area contributed by atoms with E-state index in [0.717, 1.165) is 95.8 Å². The first-order chi connectivity index (χ1) is 48.6. The van der Waals surface area contributed by atoms with Crippen molar-refractivity contribution < 1.29 is 80.2 Å². The van der Waals surface area contributed by atoms with Crippen LogP contribution in [0.1, 0.15) is 433 Å². The van der Waals surface area contributed by atoms with E-state index in [4.69, 9.17) is 37.0 Å². The van der Waals surface area contributed by atoms with Crippen molar-refractivity contribution in [3.8, 4) is 0 Å². The van der Waals surface area contributed by atoms with Crippen LogP contribution in [0.15, 0.2) is 0 Å². The van der Waals surface area contributed by atoms with Crippen LogP contribution in [-0.2, 0) is 65.4 Å². The first-order valence-corrected chi connectivity index (χ1v) is 45.2. The average molecular weight is 1470 g/mol. The number of carbonyl (C=O) groups is 4. The molecule has 0 aliphatic carbocycles. The Kier molecular flexibility index (Phi) is 72.5. The number of phosphoric acid groups is 2. The van der Waals surface area contributed by atoms with Gasteiger partial charge in [0.1, 0.15) is 19.3 Å². The third kappa shape index (κ3) is 73.0. The van der Waals surface area contributed by atoms with Gasteiger partial charge in [0.2, 0.25) is 0 Å². The number of phosphoric ester groups is 2. The van der Waals surface area contributed by atoms with Crippen molar-refractivity contribution in [1.29, 1.82) is 0 Å². The van der Waals surface area contributed by atoms with Crippen molar-refractivity contribution in [3.63, 3.8) is 0 Å². The van der Waals surface area contributed by atoms with Crippen LogP contribution in [0, 0.1) is 5.92 Å². The van der Waals surface area contributed by atoms with Crippen molar-refractivity contribution in [2.24, 2.45) is 5.92 Å². The summed E-state index contributed by atoms with van der Waals surface area (Å²) in [6, 6.07) is 0. The lowest BCUT2D eigenvalue weighted by Gasteiger charge is -2.21. The minimum atomic E-state index is -4.96. The molecule has 0 bridgehead atoms. The maximum Gasteiger partial charge on any atom is 0.472 e. The molecule has 594 valence electrons. The molecular formula is C81H158O17P2. The first kappa shape index (κ1) is 98.1. The second-order valence-corrected chi connectivity index (χ2v) is 32.3. The van der Waals surface area contributed by atoms with Crippen LogP contribution in [0.3, 0.4) is 0 Å². The van der Waals surface area contributed by atoms with Gasteiger partial charge in [-0.15, -0.1) is 0 Å². The Bertz CT molecular complexity index is 1910. The molecule has 19 heteroatoms. The summed E-state index contributed by atoms with van der Waals surface area (Å²) in [7, 11) is -9.92. The van der Waals surface area contributed by atoms with Gasteiger partial charge in [0, 0.05) is 25.7 Å². The monoisotopic (exact) mass is 1470 g/mol. The van der Waals surface area contributed by atoms with Crippen LogP contribution in [0.5, 0.6) is 0 Å². The number of hydrogen-bond donors (Lipinski definition) is 3. The smallest absolute Gasteiger partial charge is 0.462 e. The summed E-state index contributed by atoms with van der Waals surface area (Å²) in [5, 5.41) is 10.6. The molecule has 0 aliphatic rings. The van der Waals surface area contributed by atoms with E-state index in [1.165, 1.54) is 257 Å². The Morgan fingerprint density at radius 2 is 0.480 bits per heavy atom. The number of unbranched alkanes of at least 4 members (excludes halogenated alkanes) is 52. The van der Waals surface area contributed by atoms with Crippen molar-refractivity contribution in [2.45, 2.75) is 451 Å². The summed E-state index contributed by atoms with van der Waals surface area (Å²) in [4.78, 5) is 73.0. The summed E-state index contributed by atoms with van der Waals surface area (Å²) in [5.41, 5.74) is 0. The predicted molar refractivity (Wildman–Crippen MR) is 409 cm³/mol. The van der Waals surface area contributed by atoms with E-state index in [9.17, 15) is 43.2 Å². The van der Waals surface area contributed by atoms with Gasteiger partial charge in [-0.2, -0.15) is 0 Å². The summed E-state index contributed by atoms with van der Waals surface area (Å²) in [6.07, 6.45) is 65.1. The van der Waals surface area contributed by atoms with Crippen LogP contribution in [0.2, 0.25) is 0 Å². The molecule has 0 fully saturated rings. The van der Waals surface area contributed by atoms with Gasteiger partial charge in [-0.1, -0.05) is 381 Å². The Morgan fingerprint density at radius 3 is 0.710 bits per heavy atom. The van der Waals surface area contributed by atoms with Gasteiger partial charge < -0.3 is 33.8 Å². The number of ether oxygens (including phenoxy) is 4. The molecule has 3 N–H and O–H groups in total. The van der Waals surface area contributed by atoms with Gasteiger partial charge in [0.05, 0.1) is 26.4 Å². The lowest BCUT2D eigenvalue weighted by molar-refractivity contribution is -0.161. The number of rotatable bonds is 81. The molecule has 0 saturated carbocycles. The second-order valence-electron chi connectivity index (χ2n) is 29.4.